The minimum atomic E-state index is -0.201. The molecule has 2 aromatic rings. The van der Waals surface area contributed by atoms with Crippen molar-refractivity contribution in [2.75, 3.05) is 25.6 Å². The molecule has 5 nitrogen and oxygen atoms in total. The van der Waals surface area contributed by atoms with Crippen molar-refractivity contribution < 1.29 is 9.53 Å². The molecule has 0 fully saturated rings. The standard InChI is InChI=1S/C15H19N3O2S/c1-18(10-8-12-5-3-4-9-16-12)15-17-13(11-21-15)6-7-14(19)20-2/h3-5,9,11H,6-8,10H2,1-2H3. The van der Waals surface area contributed by atoms with Gasteiger partial charge in [-0.15, -0.1) is 11.3 Å². The number of pyridine rings is 1. The highest BCUT2D eigenvalue weighted by Gasteiger charge is 2.09. The Morgan fingerprint density at radius 1 is 1.33 bits per heavy atom. The van der Waals surface area contributed by atoms with Crippen LogP contribution in [0.25, 0.3) is 0 Å². The number of likely N-dealkylation sites (N-methyl/N-ethyl adjacent to an activating group) is 1. The summed E-state index contributed by atoms with van der Waals surface area (Å²) in [6.07, 6.45) is 3.69. The minimum Gasteiger partial charge on any atom is -0.469 e. The SMILES string of the molecule is COC(=O)CCc1csc(N(C)CCc2ccccn2)n1. The largest absolute Gasteiger partial charge is 0.469 e. The molecule has 0 amide bonds. The van der Waals surface area contributed by atoms with E-state index in [1.165, 1.54) is 7.11 Å². The van der Waals surface area contributed by atoms with E-state index in [-0.39, 0.29) is 5.97 Å². The Morgan fingerprint density at radius 3 is 2.90 bits per heavy atom. The summed E-state index contributed by atoms with van der Waals surface area (Å²) < 4.78 is 4.63. The van der Waals surface area contributed by atoms with Gasteiger partial charge >= 0.3 is 5.97 Å². The van der Waals surface area contributed by atoms with Gasteiger partial charge in [0.15, 0.2) is 5.13 Å². The molecule has 0 bridgehead atoms. The first-order valence-electron chi connectivity index (χ1n) is 6.81. The molecule has 112 valence electrons. The van der Waals surface area contributed by atoms with Gasteiger partial charge < -0.3 is 9.64 Å². The normalized spacial score (nSPS) is 10.4. The maximum atomic E-state index is 11.1. The first-order chi connectivity index (χ1) is 10.2. The Balaban J connectivity index is 1.84. The molecule has 6 heteroatoms. The highest BCUT2D eigenvalue weighted by Crippen LogP contribution is 2.20. The molecule has 2 aromatic heterocycles. The fraction of sp³-hybridized carbons (Fsp3) is 0.400. The molecule has 21 heavy (non-hydrogen) atoms. The molecule has 0 aliphatic rings. The summed E-state index contributed by atoms with van der Waals surface area (Å²) in [6.45, 7) is 0.862. The number of thiazole rings is 1. The molecular formula is C15H19N3O2S. The number of carbonyl (C=O) groups excluding carboxylic acids is 1. The number of aryl methyl sites for hydroxylation is 1. The second kappa shape index (κ2) is 7.73. The van der Waals surface area contributed by atoms with Gasteiger partial charge in [-0.3, -0.25) is 9.78 Å². The Labute approximate surface area is 128 Å². The molecule has 0 saturated carbocycles. The first kappa shape index (κ1) is 15.4. The van der Waals surface area contributed by atoms with Gasteiger partial charge in [-0.25, -0.2) is 4.98 Å². The molecule has 0 aliphatic carbocycles. The molecular weight excluding hydrogens is 286 g/mol. The lowest BCUT2D eigenvalue weighted by Crippen LogP contribution is -2.20. The summed E-state index contributed by atoms with van der Waals surface area (Å²) in [5.41, 5.74) is 2.01. The summed E-state index contributed by atoms with van der Waals surface area (Å²) >= 11 is 1.59. The molecule has 0 N–H and O–H groups in total. The third-order valence-electron chi connectivity index (χ3n) is 3.11. The molecule has 0 radical (unpaired) electrons. The Morgan fingerprint density at radius 2 is 2.19 bits per heavy atom. The van der Waals surface area contributed by atoms with Crippen LogP contribution >= 0.6 is 11.3 Å². The fourth-order valence-corrected chi connectivity index (χ4v) is 2.70. The second-order valence-corrected chi connectivity index (χ2v) is 5.53. The van der Waals surface area contributed by atoms with E-state index >= 15 is 0 Å². The van der Waals surface area contributed by atoms with Crippen molar-refractivity contribution in [2.45, 2.75) is 19.3 Å². The Bertz CT molecular complexity index is 571. The average molecular weight is 305 g/mol. The maximum absolute atomic E-state index is 11.1. The lowest BCUT2D eigenvalue weighted by atomic mass is 10.2. The van der Waals surface area contributed by atoms with Crippen molar-refractivity contribution >= 4 is 22.4 Å². The molecule has 0 saturated heterocycles. The van der Waals surface area contributed by atoms with E-state index in [0.29, 0.717) is 12.8 Å². The fourth-order valence-electron chi connectivity index (χ4n) is 1.84. The smallest absolute Gasteiger partial charge is 0.305 e. The Kier molecular flexibility index (Phi) is 5.68. The number of hydrogen-bond donors (Lipinski definition) is 0. The zero-order valence-corrected chi connectivity index (χ0v) is 13.1. The summed E-state index contributed by atoms with van der Waals surface area (Å²) in [5, 5.41) is 2.96. The van der Waals surface area contributed by atoms with E-state index in [2.05, 4.69) is 19.6 Å². The van der Waals surface area contributed by atoms with Gasteiger partial charge in [-0.1, -0.05) is 6.07 Å². The Hall–Kier alpha value is -1.95. The van der Waals surface area contributed by atoms with Crippen molar-refractivity contribution in [3.8, 4) is 0 Å². The molecule has 0 spiro atoms. The minimum absolute atomic E-state index is 0.201. The number of rotatable bonds is 7. The van der Waals surface area contributed by atoms with E-state index in [1.54, 1.807) is 11.3 Å². The van der Waals surface area contributed by atoms with Gasteiger partial charge in [0.05, 0.1) is 19.2 Å². The molecule has 2 rings (SSSR count). The van der Waals surface area contributed by atoms with Crippen LogP contribution in [0.15, 0.2) is 29.8 Å². The third-order valence-corrected chi connectivity index (χ3v) is 4.11. The zero-order chi connectivity index (χ0) is 15.1. The van der Waals surface area contributed by atoms with E-state index in [0.717, 1.165) is 29.5 Å². The van der Waals surface area contributed by atoms with Crippen molar-refractivity contribution in [3.63, 3.8) is 0 Å². The number of aromatic nitrogens is 2. The van der Waals surface area contributed by atoms with Crippen LogP contribution in [0.5, 0.6) is 0 Å². The van der Waals surface area contributed by atoms with Crippen LogP contribution in [0, 0.1) is 0 Å². The van der Waals surface area contributed by atoms with Gasteiger partial charge in [0.25, 0.3) is 0 Å². The molecule has 0 atom stereocenters. The lowest BCUT2D eigenvalue weighted by molar-refractivity contribution is -0.140. The van der Waals surface area contributed by atoms with Crippen LogP contribution in [-0.4, -0.2) is 36.6 Å². The van der Waals surface area contributed by atoms with Crippen LogP contribution in [0.1, 0.15) is 17.8 Å². The number of nitrogens with zero attached hydrogens (tertiary/aromatic N) is 3. The summed E-state index contributed by atoms with van der Waals surface area (Å²) in [7, 11) is 3.42. The van der Waals surface area contributed by atoms with Gasteiger partial charge in [-0.2, -0.15) is 0 Å². The maximum Gasteiger partial charge on any atom is 0.305 e. The number of hydrogen-bond acceptors (Lipinski definition) is 6. The van der Waals surface area contributed by atoms with Crippen LogP contribution in [0.2, 0.25) is 0 Å². The number of esters is 1. The highest BCUT2D eigenvalue weighted by molar-refractivity contribution is 7.13. The number of anilines is 1. The quantitative estimate of drug-likeness (QED) is 0.735. The number of carbonyl (C=O) groups is 1. The van der Waals surface area contributed by atoms with E-state index in [1.807, 2.05) is 36.8 Å². The van der Waals surface area contributed by atoms with Crippen molar-refractivity contribution in [1.82, 2.24) is 9.97 Å². The average Bonchev–Trinajstić information content (AvgIpc) is 3.00. The zero-order valence-electron chi connectivity index (χ0n) is 12.3. The van der Waals surface area contributed by atoms with Crippen LogP contribution in [0.3, 0.4) is 0 Å². The summed E-state index contributed by atoms with van der Waals surface area (Å²) in [4.78, 5) is 22.1. The number of ether oxygens (including phenoxy) is 1. The van der Waals surface area contributed by atoms with Crippen molar-refractivity contribution in [3.05, 3.63) is 41.2 Å². The van der Waals surface area contributed by atoms with Gasteiger partial charge in [0, 0.05) is 43.7 Å². The lowest BCUT2D eigenvalue weighted by Gasteiger charge is -2.15. The second-order valence-electron chi connectivity index (χ2n) is 4.69. The van der Waals surface area contributed by atoms with Gasteiger partial charge in [-0.05, 0) is 12.1 Å². The van der Waals surface area contributed by atoms with Crippen LogP contribution < -0.4 is 4.90 Å². The summed E-state index contributed by atoms with van der Waals surface area (Å²) in [5.74, 6) is -0.201. The molecule has 0 aliphatic heterocycles. The topological polar surface area (TPSA) is 55.3 Å². The van der Waals surface area contributed by atoms with Crippen molar-refractivity contribution in [2.24, 2.45) is 0 Å². The van der Waals surface area contributed by atoms with Crippen molar-refractivity contribution in [1.29, 1.82) is 0 Å². The predicted octanol–water partition coefficient (Wildman–Crippen LogP) is 2.32. The third kappa shape index (κ3) is 4.82. The van der Waals surface area contributed by atoms with Gasteiger partial charge in [0.2, 0.25) is 0 Å². The predicted molar refractivity (Wildman–Crippen MR) is 83.7 cm³/mol. The summed E-state index contributed by atoms with van der Waals surface area (Å²) in [6, 6.07) is 5.94. The molecule has 0 aromatic carbocycles. The van der Waals surface area contributed by atoms with E-state index in [9.17, 15) is 4.79 Å². The number of methoxy groups -OCH3 is 1. The highest BCUT2D eigenvalue weighted by atomic mass is 32.1. The van der Waals surface area contributed by atoms with Crippen LogP contribution in [-0.2, 0) is 22.4 Å². The molecule has 0 unspecified atom stereocenters. The molecule has 2 heterocycles. The monoisotopic (exact) mass is 305 g/mol. The van der Waals surface area contributed by atoms with Gasteiger partial charge in [0.1, 0.15) is 0 Å². The van der Waals surface area contributed by atoms with E-state index in [4.69, 9.17) is 0 Å². The van der Waals surface area contributed by atoms with E-state index < -0.39 is 0 Å². The first-order valence-corrected chi connectivity index (χ1v) is 7.69. The van der Waals surface area contributed by atoms with Crippen LogP contribution in [0.4, 0.5) is 5.13 Å².